The zero-order valence-corrected chi connectivity index (χ0v) is 13.4. The number of aromatic nitrogens is 2. The first-order valence-corrected chi connectivity index (χ1v) is 7.39. The Morgan fingerprint density at radius 2 is 1.90 bits per heavy atom. The number of anilines is 2. The van der Waals surface area contributed by atoms with Crippen LogP contribution in [0.25, 0.3) is 0 Å². The molecule has 5 nitrogen and oxygen atoms in total. The fourth-order valence-electron chi connectivity index (χ4n) is 2.14. The third kappa shape index (κ3) is 4.34. The van der Waals surface area contributed by atoms with Crippen LogP contribution in [0.1, 0.15) is 50.4 Å². The number of rotatable bonds is 8. The molecular weight excluding hydrogens is 252 g/mol. The van der Waals surface area contributed by atoms with Gasteiger partial charge in [-0.15, -0.1) is 0 Å². The molecule has 5 heteroatoms. The average molecular weight is 280 g/mol. The van der Waals surface area contributed by atoms with E-state index in [1.165, 1.54) is 0 Å². The number of nitrogens with one attached hydrogen (secondary N) is 1. The monoisotopic (exact) mass is 280 g/mol. The quantitative estimate of drug-likeness (QED) is 0.717. The molecule has 0 unspecified atom stereocenters. The molecule has 0 saturated carbocycles. The summed E-state index contributed by atoms with van der Waals surface area (Å²) in [7, 11) is 3.96. The Balaban J connectivity index is 2.88. The highest BCUT2D eigenvalue weighted by atomic mass is 16.2. The van der Waals surface area contributed by atoms with E-state index in [-0.39, 0.29) is 6.61 Å². The van der Waals surface area contributed by atoms with Crippen LogP contribution in [0.4, 0.5) is 11.6 Å². The topological polar surface area (TPSA) is 61.3 Å². The molecule has 0 bridgehead atoms. The lowest BCUT2D eigenvalue weighted by atomic mass is 10.2. The van der Waals surface area contributed by atoms with Gasteiger partial charge in [-0.2, -0.15) is 0 Å². The Morgan fingerprint density at radius 3 is 2.45 bits per heavy atom. The van der Waals surface area contributed by atoms with Gasteiger partial charge in [0.15, 0.2) is 0 Å². The molecule has 0 aliphatic carbocycles. The number of hydrogen-bond acceptors (Lipinski definition) is 5. The van der Waals surface area contributed by atoms with E-state index in [1.807, 2.05) is 7.05 Å². The highest BCUT2D eigenvalue weighted by Crippen LogP contribution is 2.25. The average Bonchev–Trinajstić information content (AvgIpc) is 2.43. The number of unbranched alkanes of at least 4 members (excludes halogenated alkanes) is 2. The Kier molecular flexibility index (Phi) is 6.71. The van der Waals surface area contributed by atoms with Crippen molar-refractivity contribution in [2.24, 2.45) is 0 Å². The van der Waals surface area contributed by atoms with Crippen LogP contribution in [0, 0.1) is 6.92 Å². The van der Waals surface area contributed by atoms with Gasteiger partial charge in [0, 0.05) is 38.7 Å². The molecule has 114 valence electrons. The van der Waals surface area contributed by atoms with Crippen molar-refractivity contribution in [1.29, 1.82) is 0 Å². The molecule has 0 amide bonds. The summed E-state index contributed by atoms with van der Waals surface area (Å²) < 4.78 is 0. The molecular formula is C15H28N4O. The van der Waals surface area contributed by atoms with E-state index in [0.29, 0.717) is 5.92 Å². The summed E-state index contributed by atoms with van der Waals surface area (Å²) in [4.78, 5) is 11.4. The summed E-state index contributed by atoms with van der Waals surface area (Å²) in [5.41, 5.74) is 1.08. The van der Waals surface area contributed by atoms with Gasteiger partial charge >= 0.3 is 0 Å². The van der Waals surface area contributed by atoms with Gasteiger partial charge in [0.2, 0.25) is 0 Å². The summed E-state index contributed by atoms with van der Waals surface area (Å²) in [5, 5.41) is 12.0. The Hall–Kier alpha value is -1.36. The molecule has 0 atom stereocenters. The first-order chi connectivity index (χ1) is 9.51. The van der Waals surface area contributed by atoms with Crippen molar-refractivity contribution >= 4 is 11.6 Å². The van der Waals surface area contributed by atoms with Gasteiger partial charge in [0.25, 0.3) is 0 Å². The fraction of sp³-hybridized carbons (Fsp3) is 0.733. The van der Waals surface area contributed by atoms with Crippen molar-refractivity contribution in [1.82, 2.24) is 9.97 Å². The van der Waals surface area contributed by atoms with Crippen LogP contribution in [0.15, 0.2) is 0 Å². The lowest BCUT2D eigenvalue weighted by Crippen LogP contribution is -2.22. The SMILES string of the molecule is CNc1nc(C(C)C)nc(N(C)CCCCCO)c1C. The van der Waals surface area contributed by atoms with Crippen LogP contribution in [0.2, 0.25) is 0 Å². The second-order valence-electron chi connectivity index (χ2n) is 5.49. The highest BCUT2D eigenvalue weighted by molar-refractivity contribution is 5.58. The van der Waals surface area contributed by atoms with Crippen molar-refractivity contribution in [2.75, 3.05) is 37.5 Å². The second-order valence-corrected chi connectivity index (χ2v) is 5.49. The molecule has 0 saturated heterocycles. The minimum Gasteiger partial charge on any atom is -0.396 e. The third-order valence-corrected chi connectivity index (χ3v) is 3.40. The zero-order chi connectivity index (χ0) is 15.1. The zero-order valence-electron chi connectivity index (χ0n) is 13.4. The predicted molar refractivity (Wildman–Crippen MR) is 84.6 cm³/mol. The number of hydrogen-bond donors (Lipinski definition) is 2. The van der Waals surface area contributed by atoms with Crippen molar-refractivity contribution in [2.45, 2.75) is 46.0 Å². The van der Waals surface area contributed by atoms with E-state index in [4.69, 9.17) is 10.1 Å². The summed E-state index contributed by atoms with van der Waals surface area (Å²) in [5.74, 6) is 3.08. The normalized spacial score (nSPS) is 10.9. The molecule has 0 aromatic carbocycles. The lowest BCUT2D eigenvalue weighted by molar-refractivity contribution is 0.283. The van der Waals surface area contributed by atoms with E-state index in [9.17, 15) is 0 Å². The van der Waals surface area contributed by atoms with E-state index >= 15 is 0 Å². The van der Waals surface area contributed by atoms with Crippen molar-refractivity contribution in [3.05, 3.63) is 11.4 Å². The van der Waals surface area contributed by atoms with E-state index < -0.39 is 0 Å². The Morgan fingerprint density at radius 1 is 1.20 bits per heavy atom. The molecule has 2 N–H and O–H groups in total. The molecule has 0 fully saturated rings. The maximum Gasteiger partial charge on any atom is 0.137 e. The first kappa shape index (κ1) is 16.7. The molecule has 1 aromatic heterocycles. The van der Waals surface area contributed by atoms with Crippen LogP contribution in [0.5, 0.6) is 0 Å². The van der Waals surface area contributed by atoms with Gasteiger partial charge in [0.05, 0.1) is 0 Å². The molecule has 0 spiro atoms. The van der Waals surface area contributed by atoms with E-state index in [2.05, 4.69) is 43.0 Å². The van der Waals surface area contributed by atoms with Crippen LogP contribution in [-0.4, -0.2) is 42.3 Å². The Labute approximate surface area is 122 Å². The van der Waals surface area contributed by atoms with Gasteiger partial charge in [-0.3, -0.25) is 0 Å². The predicted octanol–water partition coefficient (Wildman–Crippen LogP) is 2.55. The third-order valence-electron chi connectivity index (χ3n) is 3.40. The van der Waals surface area contributed by atoms with Crippen molar-refractivity contribution in [3.63, 3.8) is 0 Å². The van der Waals surface area contributed by atoms with Gasteiger partial charge in [-0.1, -0.05) is 13.8 Å². The van der Waals surface area contributed by atoms with E-state index in [0.717, 1.165) is 48.8 Å². The fourth-order valence-corrected chi connectivity index (χ4v) is 2.14. The van der Waals surface area contributed by atoms with Gasteiger partial charge in [-0.25, -0.2) is 9.97 Å². The van der Waals surface area contributed by atoms with Crippen LogP contribution in [0.3, 0.4) is 0 Å². The van der Waals surface area contributed by atoms with Crippen molar-refractivity contribution in [3.8, 4) is 0 Å². The maximum atomic E-state index is 8.82. The summed E-state index contributed by atoms with van der Waals surface area (Å²) in [6.07, 6.45) is 2.98. The summed E-state index contributed by atoms with van der Waals surface area (Å²) in [6.45, 7) is 7.48. The molecule has 0 aliphatic rings. The molecule has 1 heterocycles. The number of aliphatic hydroxyl groups is 1. The minimum absolute atomic E-state index is 0.275. The van der Waals surface area contributed by atoms with Gasteiger partial charge in [0.1, 0.15) is 17.5 Å². The standard InChI is InChI=1S/C15H28N4O/c1-11(2)13-17-14(16-4)12(3)15(18-13)19(5)9-7-6-8-10-20/h11,20H,6-10H2,1-5H3,(H,16,17,18). The lowest BCUT2D eigenvalue weighted by Gasteiger charge is -2.22. The maximum absolute atomic E-state index is 8.82. The molecule has 1 aromatic rings. The highest BCUT2D eigenvalue weighted by Gasteiger charge is 2.15. The Bertz CT molecular complexity index is 421. The minimum atomic E-state index is 0.275. The first-order valence-electron chi connectivity index (χ1n) is 7.39. The van der Waals surface area contributed by atoms with Gasteiger partial charge in [-0.05, 0) is 26.2 Å². The molecule has 0 radical (unpaired) electrons. The summed E-state index contributed by atoms with van der Waals surface area (Å²) in [6, 6.07) is 0. The second kappa shape index (κ2) is 8.04. The molecule has 1 rings (SSSR count). The molecule has 0 aliphatic heterocycles. The van der Waals surface area contributed by atoms with Crippen LogP contribution in [-0.2, 0) is 0 Å². The van der Waals surface area contributed by atoms with E-state index in [1.54, 1.807) is 0 Å². The summed E-state index contributed by atoms with van der Waals surface area (Å²) >= 11 is 0. The van der Waals surface area contributed by atoms with Crippen LogP contribution >= 0.6 is 0 Å². The largest absolute Gasteiger partial charge is 0.396 e. The van der Waals surface area contributed by atoms with Crippen LogP contribution < -0.4 is 10.2 Å². The van der Waals surface area contributed by atoms with Gasteiger partial charge < -0.3 is 15.3 Å². The smallest absolute Gasteiger partial charge is 0.137 e. The van der Waals surface area contributed by atoms with Crippen molar-refractivity contribution < 1.29 is 5.11 Å². The number of aliphatic hydroxyl groups excluding tert-OH is 1. The number of nitrogens with zero attached hydrogens (tertiary/aromatic N) is 3. The molecule has 20 heavy (non-hydrogen) atoms.